The van der Waals surface area contributed by atoms with Crippen molar-refractivity contribution in [3.63, 3.8) is 0 Å². The van der Waals surface area contributed by atoms with Crippen LogP contribution in [-0.2, 0) is 11.2 Å². The summed E-state index contributed by atoms with van der Waals surface area (Å²) < 4.78 is 0. The molecule has 21 heavy (non-hydrogen) atoms. The molecule has 0 atom stereocenters. The van der Waals surface area contributed by atoms with Crippen molar-refractivity contribution in [3.8, 4) is 0 Å². The average Bonchev–Trinajstić information content (AvgIpc) is 3.33. The van der Waals surface area contributed by atoms with E-state index in [2.05, 4.69) is 0 Å². The van der Waals surface area contributed by atoms with Gasteiger partial charge in [0, 0.05) is 19.5 Å². The summed E-state index contributed by atoms with van der Waals surface area (Å²) in [6.45, 7) is 1.78. The van der Waals surface area contributed by atoms with Gasteiger partial charge < -0.3 is 4.90 Å². The molecule has 0 aromatic heterocycles. The van der Waals surface area contributed by atoms with E-state index in [-0.39, 0.29) is 5.91 Å². The zero-order valence-corrected chi connectivity index (χ0v) is 13.5. The Kier molecular flexibility index (Phi) is 4.56. The van der Waals surface area contributed by atoms with Gasteiger partial charge in [0.05, 0.1) is 10.0 Å². The van der Waals surface area contributed by atoms with Gasteiger partial charge in [-0.25, -0.2) is 0 Å². The normalized spacial score (nSPS) is 18.1. The Labute approximate surface area is 135 Å². The molecule has 1 saturated carbocycles. The van der Waals surface area contributed by atoms with Crippen molar-refractivity contribution in [1.82, 2.24) is 4.90 Å². The van der Waals surface area contributed by atoms with Crippen LogP contribution in [0.1, 0.15) is 37.7 Å². The van der Waals surface area contributed by atoms with E-state index in [4.69, 9.17) is 23.2 Å². The van der Waals surface area contributed by atoms with Gasteiger partial charge in [-0.2, -0.15) is 0 Å². The van der Waals surface area contributed by atoms with Gasteiger partial charge in [-0.3, -0.25) is 4.79 Å². The molecular weight excluding hydrogens is 305 g/mol. The van der Waals surface area contributed by atoms with Crippen LogP contribution in [0.4, 0.5) is 0 Å². The highest BCUT2D eigenvalue weighted by molar-refractivity contribution is 6.42. The summed E-state index contributed by atoms with van der Waals surface area (Å²) in [5.74, 6) is 0.251. The topological polar surface area (TPSA) is 20.3 Å². The number of amides is 1. The van der Waals surface area contributed by atoms with E-state index in [0.717, 1.165) is 37.9 Å². The molecule has 1 aliphatic heterocycles. The highest BCUT2D eigenvalue weighted by Gasteiger charge is 2.24. The molecule has 2 nitrogen and oxygen atoms in total. The monoisotopic (exact) mass is 323 g/mol. The highest BCUT2D eigenvalue weighted by atomic mass is 35.5. The van der Waals surface area contributed by atoms with Crippen LogP contribution in [0.3, 0.4) is 0 Å². The van der Waals surface area contributed by atoms with Crippen LogP contribution in [0.25, 0.3) is 0 Å². The molecule has 1 aromatic carbocycles. The summed E-state index contributed by atoms with van der Waals surface area (Å²) in [7, 11) is 0. The minimum atomic E-state index is 0.251. The molecule has 112 valence electrons. The van der Waals surface area contributed by atoms with Gasteiger partial charge in [0.25, 0.3) is 0 Å². The van der Waals surface area contributed by atoms with Gasteiger partial charge in [0.1, 0.15) is 0 Å². The maximum absolute atomic E-state index is 12.3. The summed E-state index contributed by atoms with van der Waals surface area (Å²) in [5, 5.41) is 1.11. The fourth-order valence-electron chi connectivity index (χ4n) is 2.90. The van der Waals surface area contributed by atoms with Gasteiger partial charge in [0.15, 0.2) is 0 Å². The predicted molar refractivity (Wildman–Crippen MR) is 86.9 cm³/mol. The fourth-order valence-corrected chi connectivity index (χ4v) is 3.22. The van der Waals surface area contributed by atoms with Crippen molar-refractivity contribution in [2.45, 2.75) is 38.5 Å². The lowest BCUT2D eigenvalue weighted by Crippen LogP contribution is -2.36. The second-order valence-corrected chi connectivity index (χ2v) is 6.65. The van der Waals surface area contributed by atoms with Crippen LogP contribution in [-0.4, -0.2) is 23.9 Å². The lowest BCUT2D eigenvalue weighted by Gasteiger charge is -2.28. The number of piperidine rings is 1. The Bertz CT molecular complexity index is 578. The predicted octanol–water partition coefficient (Wildman–Crippen LogP) is 4.64. The molecule has 1 saturated heterocycles. The first-order chi connectivity index (χ1) is 10.1. The third-order valence-electron chi connectivity index (χ3n) is 4.33. The number of rotatable bonds is 3. The van der Waals surface area contributed by atoms with Gasteiger partial charge in [0.2, 0.25) is 5.91 Å². The molecule has 3 rings (SSSR count). The Morgan fingerprint density at radius 3 is 2.29 bits per heavy atom. The largest absolute Gasteiger partial charge is 0.342 e. The number of aryl methyl sites for hydroxylation is 1. The quantitative estimate of drug-likeness (QED) is 0.742. The number of carbonyl (C=O) groups is 1. The number of hydrogen-bond donors (Lipinski definition) is 0. The number of allylic oxidation sites excluding steroid dienone is 1. The third-order valence-corrected chi connectivity index (χ3v) is 5.07. The standard InChI is InChI=1S/C17H19Cl2NO/c18-15-5-1-12(11-16(15)19)2-6-17(21)20-9-7-14(8-10-20)13-3-4-13/h1,5,11H,2-4,6-10H2. The third kappa shape index (κ3) is 3.81. The molecule has 0 bridgehead atoms. The minimum absolute atomic E-state index is 0.251. The molecule has 0 unspecified atom stereocenters. The first-order valence-electron chi connectivity index (χ1n) is 7.55. The molecule has 0 N–H and O–H groups in total. The first kappa shape index (κ1) is 14.9. The van der Waals surface area contributed by atoms with Crippen LogP contribution in [0.2, 0.25) is 10.0 Å². The molecule has 4 heteroatoms. The molecule has 1 aliphatic carbocycles. The van der Waals surface area contributed by atoms with Crippen molar-refractivity contribution < 1.29 is 4.79 Å². The van der Waals surface area contributed by atoms with E-state index in [9.17, 15) is 4.79 Å². The van der Waals surface area contributed by atoms with E-state index in [1.54, 1.807) is 17.2 Å². The zero-order valence-electron chi connectivity index (χ0n) is 12.0. The van der Waals surface area contributed by atoms with E-state index >= 15 is 0 Å². The van der Waals surface area contributed by atoms with Crippen LogP contribution >= 0.6 is 23.2 Å². The molecule has 2 aliphatic rings. The second kappa shape index (κ2) is 6.41. The summed E-state index contributed by atoms with van der Waals surface area (Å²) in [6.07, 6.45) is 6.01. The van der Waals surface area contributed by atoms with E-state index in [1.165, 1.54) is 12.8 Å². The van der Waals surface area contributed by atoms with E-state index in [1.807, 2.05) is 17.0 Å². The molecule has 1 aromatic rings. The Morgan fingerprint density at radius 1 is 1.00 bits per heavy atom. The van der Waals surface area contributed by atoms with E-state index in [0.29, 0.717) is 16.5 Å². The maximum Gasteiger partial charge on any atom is 0.222 e. The first-order valence-corrected chi connectivity index (χ1v) is 8.30. The van der Waals surface area contributed by atoms with Crippen LogP contribution in [0, 0.1) is 0 Å². The number of halogens is 2. The molecule has 0 spiro atoms. The summed E-state index contributed by atoms with van der Waals surface area (Å²) in [4.78, 5) is 14.3. The smallest absolute Gasteiger partial charge is 0.222 e. The summed E-state index contributed by atoms with van der Waals surface area (Å²) in [6, 6.07) is 5.58. The number of benzene rings is 1. The molecule has 1 amide bonds. The lowest BCUT2D eigenvalue weighted by molar-refractivity contribution is -0.131. The van der Waals surface area contributed by atoms with Gasteiger partial charge in [-0.05, 0) is 49.8 Å². The van der Waals surface area contributed by atoms with Crippen molar-refractivity contribution in [2.24, 2.45) is 0 Å². The summed E-state index contributed by atoms with van der Waals surface area (Å²) >= 11 is 11.9. The lowest BCUT2D eigenvalue weighted by atomic mass is 10.0. The number of hydrogen-bond acceptors (Lipinski definition) is 1. The molecule has 2 fully saturated rings. The van der Waals surface area contributed by atoms with Crippen LogP contribution in [0.5, 0.6) is 0 Å². The number of carbonyl (C=O) groups excluding carboxylic acids is 1. The molecular formula is C17H19Cl2NO. The number of likely N-dealkylation sites (tertiary alicyclic amines) is 1. The zero-order chi connectivity index (χ0) is 14.8. The molecule has 0 radical (unpaired) electrons. The van der Waals surface area contributed by atoms with Gasteiger partial charge >= 0.3 is 0 Å². The average molecular weight is 324 g/mol. The Hall–Kier alpha value is -0.990. The molecule has 1 heterocycles. The maximum atomic E-state index is 12.3. The van der Waals surface area contributed by atoms with Crippen molar-refractivity contribution in [1.29, 1.82) is 0 Å². The number of nitrogens with zero attached hydrogens (tertiary/aromatic N) is 1. The van der Waals surface area contributed by atoms with Crippen LogP contribution in [0.15, 0.2) is 29.3 Å². The van der Waals surface area contributed by atoms with Gasteiger partial charge in [-0.15, -0.1) is 0 Å². The highest BCUT2D eigenvalue weighted by Crippen LogP contribution is 2.36. The minimum Gasteiger partial charge on any atom is -0.342 e. The summed E-state index contributed by atoms with van der Waals surface area (Å²) in [5.41, 5.74) is 4.33. The Morgan fingerprint density at radius 2 is 1.67 bits per heavy atom. The van der Waals surface area contributed by atoms with Crippen LogP contribution < -0.4 is 0 Å². The Balaban J connectivity index is 1.50. The van der Waals surface area contributed by atoms with Crippen molar-refractivity contribution in [3.05, 3.63) is 45.0 Å². The SMILES string of the molecule is O=C(CCc1ccc(Cl)c(Cl)c1)N1CCC(=C2CC2)CC1. The van der Waals surface area contributed by atoms with Crippen molar-refractivity contribution >= 4 is 29.1 Å². The van der Waals surface area contributed by atoms with Gasteiger partial charge in [-0.1, -0.05) is 40.4 Å². The fraction of sp³-hybridized carbons (Fsp3) is 0.471. The van der Waals surface area contributed by atoms with Crippen molar-refractivity contribution in [2.75, 3.05) is 13.1 Å². The second-order valence-electron chi connectivity index (χ2n) is 5.84. The van der Waals surface area contributed by atoms with E-state index < -0.39 is 0 Å².